The summed E-state index contributed by atoms with van der Waals surface area (Å²) in [6, 6.07) is 3.18. The highest BCUT2D eigenvalue weighted by Gasteiger charge is 2.15. The Morgan fingerprint density at radius 3 is 2.81 bits per heavy atom. The highest BCUT2D eigenvalue weighted by atomic mass is 16.4. The van der Waals surface area contributed by atoms with Gasteiger partial charge in [-0.1, -0.05) is 0 Å². The summed E-state index contributed by atoms with van der Waals surface area (Å²) in [5, 5.41) is 19.7. The molecule has 1 aromatic heterocycles. The average molecular weight is 224 g/mol. The number of pyridine rings is 1. The van der Waals surface area contributed by atoms with E-state index in [1.54, 1.807) is 25.3 Å². The van der Waals surface area contributed by atoms with Crippen molar-refractivity contribution >= 4 is 11.9 Å². The van der Waals surface area contributed by atoms with Crippen molar-refractivity contribution in [1.29, 1.82) is 0 Å². The van der Waals surface area contributed by atoms with Crippen LogP contribution in [0.1, 0.15) is 16.1 Å². The molecule has 3 N–H and O–H groups in total. The van der Waals surface area contributed by atoms with Crippen LogP contribution >= 0.6 is 0 Å². The lowest BCUT2D eigenvalue weighted by molar-refractivity contribution is -0.146. The number of aliphatic hydroxyl groups excluding tert-OH is 1. The SMILES string of the molecule is Cc1ncccc1C(=O)NCC(O)C(=O)O. The van der Waals surface area contributed by atoms with Crippen molar-refractivity contribution < 1.29 is 19.8 Å². The van der Waals surface area contributed by atoms with Crippen LogP contribution in [0.15, 0.2) is 18.3 Å². The molecule has 0 saturated heterocycles. The standard InChI is InChI=1S/C10H12N2O4/c1-6-7(3-2-4-11-6)9(14)12-5-8(13)10(15)16/h2-4,8,13H,5H2,1H3,(H,12,14)(H,15,16). The molecule has 0 spiro atoms. The van der Waals surface area contributed by atoms with Gasteiger partial charge in [0.05, 0.1) is 12.1 Å². The van der Waals surface area contributed by atoms with E-state index in [4.69, 9.17) is 10.2 Å². The summed E-state index contributed by atoms with van der Waals surface area (Å²) >= 11 is 0. The third-order valence-electron chi connectivity index (χ3n) is 1.99. The Morgan fingerprint density at radius 2 is 2.25 bits per heavy atom. The molecule has 6 heteroatoms. The molecule has 0 aliphatic rings. The van der Waals surface area contributed by atoms with Crippen molar-refractivity contribution in [3.05, 3.63) is 29.6 Å². The number of carbonyl (C=O) groups excluding carboxylic acids is 1. The second-order valence-electron chi connectivity index (χ2n) is 3.20. The van der Waals surface area contributed by atoms with Gasteiger partial charge in [0, 0.05) is 11.9 Å². The summed E-state index contributed by atoms with van der Waals surface area (Å²) in [6.07, 6.45) is -0.0426. The summed E-state index contributed by atoms with van der Waals surface area (Å²) in [7, 11) is 0. The lowest BCUT2D eigenvalue weighted by Crippen LogP contribution is -2.36. The number of rotatable bonds is 4. The van der Waals surface area contributed by atoms with E-state index in [9.17, 15) is 9.59 Å². The van der Waals surface area contributed by atoms with E-state index in [2.05, 4.69) is 10.3 Å². The molecular weight excluding hydrogens is 212 g/mol. The van der Waals surface area contributed by atoms with Crippen molar-refractivity contribution in [1.82, 2.24) is 10.3 Å². The van der Waals surface area contributed by atoms with Gasteiger partial charge in [-0.25, -0.2) is 4.79 Å². The van der Waals surface area contributed by atoms with Gasteiger partial charge in [0.15, 0.2) is 6.10 Å². The number of hydrogen-bond acceptors (Lipinski definition) is 4. The molecule has 6 nitrogen and oxygen atoms in total. The molecule has 1 atom stereocenters. The molecule has 1 unspecified atom stereocenters. The second-order valence-corrected chi connectivity index (χ2v) is 3.20. The largest absolute Gasteiger partial charge is 0.479 e. The number of aliphatic carboxylic acids is 1. The Labute approximate surface area is 91.9 Å². The molecular formula is C10H12N2O4. The number of hydrogen-bond donors (Lipinski definition) is 3. The minimum absolute atomic E-state index is 0.331. The van der Waals surface area contributed by atoms with Crippen molar-refractivity contribution in [2.75, 3.05) is 6.54 Å². The first kappa shape index (κ1) is 12.1. The van der Waals surface area contributed by atoms with Crippen LogP contribution in [-0.2, 0) is 4.79 Å². The minimum atomic E-state index is -1.60. The van der Waals surface area contributed by atoms with Gasteiger partial charge in [0.1, 0.15) is 0 Å². The Morgan fingerprint density at radius 1 is 1.56 bits per heavy atom. The number of carboxylic acid groups (broad SMARTS) is 1. The summed E-state index contributed by atoms with van der Waals surface area (Å²) in [5.41, 5.74) is 0.907. The van der Waals surface area contributed by atoms with Crippen molar-refractivity contribution in [2.45, 2.75) is 13.0 Å². The normalized spacial score (nSPS) is 11.9. The van der Waals surface area contributed by atoms with Crippen LogP contribution in [0.5, 0.6) is 0 Å². The Balaban J connectivity index is 2.60. The molecule has 0 bridgehead atoms. The Hall–Kier alpha value is -1.95. The van der Waals surface area contributed by atoms with Crippen LogP contribution in [0.25, 0.3) is 0 Å². The number of nitrogens with one attached hydrogen (secondary N) is 1. The number of aryl methyl sites for hydroxylation is 1. The average Bonchev–Trinajstić information content (AvgIpc) is 2.25. The van der Waals surface area contributed by atoms with E-state index in [0.29, 0.717) is 11.3 Å². The van der Waals surface area contributed by atoms with E-state index in [-0.39, 0.29) is 6.54 Å². The highest BCUT2D eigenvalue weighted by Crippen LogP contribution is 2.02. The topological polar surface area (TPSA) is 99.5 Å². The number of carboxylic acids is 1. The Kier molecular flexibility index (Phi) is 3.96. The zero-order valence-electron chi connectivity index (χ0n) is 8.67. The molecule has 0 aromatic carbocycles. The summed E-state index contributed by atoms with van der Waals surface area (Å²) < 4.78 is 0. The maximum Gasteiger partial charge on any atom is 0.334 e. The van der Waals surface area contributed by atoms with Gasteiger partial charge in [0.2, 0.25) is 0 Å². The fraction of sp³-hybridized carbons (Fsp3) is 0.300. The van der Waals surface area contributed by atoms with Gasteiger partial charge in [-0.2, -0.15) is 0 Å². The lowest BCUT2D eigenvalue weighted by atomic mass is 10.2. The van der Waals surface area contributed by atoms with E-state index in [1.807, 2.05) is 0 Å². The molecule has 1 aromatic rings. The van der Waals surface area contributed by atoms with Crippen LogP contribution in [0.2, 0.25) is 0 Å². The molecule has 86 valence electrons. The van der Waals surface area contributed by atoms with Crippen LogP contribution in [-0.4, -0.2) is 39.7 Å². The van der Waals surface area contributed by atoms with Crippen molar-refractivity contribution in [3.63, 3.8) is 0 Å². The van der Waals surface area contributed by atoms with E-state index in [0.717, 1.165) is 0 Å². The first-order chi connectivity index (χ1) is 7.52. The molecule has 1 rings (SSSR count). The van der Waals surface area contributed by atoms with Crippen molar-refractivity contribution in [3.8, 4) is 0 Å². The quantitative estimate of drug-likeness (QED) is 0.644. The van der Waals surface area contributed by atoms with Crippen LogP contribution in [0, 0.1) is 6.92 Å². The molecule has 0 aliphatic heterocycles. The van der Waals surface area contributed by atoms with Crippen molar-refractivity contribution in [2.24, 2.45) is 0 Å². The van der Waals surface area contributed by atoms with Crippen LogP contribution in [0.3, 0.4) is 0 Å². The van der Waals surface area contributed by atoms with Gasteiger partial charge in [0.25, 0.3) is 5.91 Å². The van der Waals surface area contributed by atoms with Gasteiger partial charge in [-0.3, -0.25) is 9.78 Å². The van der Waals surface area contributed by atoms with Gasteiger partial charge in [-0.05, 0) is 19.1 Å². The van der Waals surface area contributed by atoms with Gasteiger partial charge < -0.3 is 15.5 Å². The first-order valence-electron chi connectivity index (χ1n) is 4.63. The summed E-state index contributed by atoms with van der Waals surface area (Å²) in [5.74, 6) is -1.82. The fourth-order valence-corrected chi connectivity index (χ4v) is 1.10. The van der Waals surface area contributed by atoms with E-state index >= 15 is 0 Å². The minimum Gasteiger partial charge on any atom is -0.479 e. The number of aromatic nitrogens is 1. The van der Waals surface area contributed by atoms with Gasteiger partial charge >= 0.3 is 5.97 Å². The predicted molar refractivity (Wildman–Crippen MR) is 54.9 cm³/mol. The number of nitrogens with zero attached hydrogens (tertiary/aromatic N) is 1. The van der Waals surface area contributed by atoms with E-state index in [1.165, 1.54) is 0 Å². The summed E-state index contributed by atoms with van der Waals surface area (Å²) in [6.45, 7) is 1.34. The predicted octanol–water partition coefficient (Wildman–Crippen LogP) is -0.435. The van der Waals surface area contributed by atoms with E-state index < -0.39 is 18.0 Å². The molecule has 0 radical (unpaired) electrons. The van der Waals surface area contributed by atoms with Crippen LogP contribution in [0.4, 0.5) is 0 Å². The zero-order chi connectivity index (χ0) is 12.1. The fourth-order valence-electron chi connectivity index (χ4n) is 1.10. The molecule has 0 saturated carbocycles. The number of aliphatic hydroxyl groups is 1. The monoisotopic (exact) mass is 224 g/mol. The lowest BCUT2D eigenvalue weighted by Gasteiger charge is -2.08. The first-order valence-corrected chi connectivity index (χ1v) is 4.63. The maximum atomic E-state index is 11.5. The molecule has 0 fully saturated rings. The number of carbonyl (C=O) groups is 2. The number of amides is 1. The summed E-state index contributed by atoms with van der Waals surface area (Å²) in [4.78, 5) is 25.8. The smallest absolute Gasteiger partial charge is 0.334 e. The third kappa shape index (κ3) is 3.03. The molecule has 1 amide bonds. The zero-order valence-corrected chi connectivity index (χ0v) is 8.67. The second kappa shape index (κ2) is 5.22. The molecule has 0 aliphatic carbocycles. The Bertz CT molecular complexity index is 406. The third-order valence-corrected chi connectivity index (χ3v) is 1.99. The van der Waals surface area contributed by atoms with Crippen LogP contribution < -0.4 is 5.32 Å². The molecule has 16 heavy (non-hydrogen) atoms. The highest BCUT2D eigenvalue weighted by molar-refractivity contribution is 5.95. The molecule has 1 heterocycles. The van der Waals surface area contributed by atoms with Gasteiger partial charge in [-0.15, -0.1) is 0 Å². The maximum absolute atomic E-state index is 11.5.